The number of piperazine rings is 1. The van der Waals surface area contributed by atoms with E-state index < -0.39 is 0 Å². The fourth-order valence-corrected chi connectivity index (χ4v) is 3.65. The average Bonchev–Trinajstić information content (AvgIpc) is 3.11. The van der Waals surface area contributed by atoms with Crippen LogP contribution in [0, 0.1) is 5.92 Å². The highest BCUT2D eigenvalue weighted by Crippen LogP contribution is 2.23. The molecular weight excluding hydrogens is 306 g/mol. The minimum atomic E-state index is -0.0693. The first-order chi connectivity index (χ1) is 11.6. The highest BCUT2D eigenvalue weighted by molar-refractivity contribution is 5.91. The second-order valence-corrected chi connectivity index (χ2v) is 6.98. The van der Waals surface area contributed by atoms with Crippen molar-refractivity contribution in [3.05, 3.63) is 24.2 Å². The minimum absolute atomic E-state index is 0.0693. The lowest BCUT2D eigenvalue weighted by Gasteiger charge is -2.35. The van der Waals surface area contributed by atoms with Crippen molar-refractivity contribution in [2.75, 3.05) is 32.7 Å². The number of carbonyl (C=O) groups is 2. The van der Waals surface area contributed by atoms with Gasteiger partial charge < -0.3 is 14.6 Å². The second kappa shape index (κ2) is 7.83. The molecule has 1 aliphatic carbocycles. The van der Waals surface area contributed by atoms with Crippen LogP contribution in [0.15, 0.2) is 22.8 Å². The molecule has 1 aromatic rings. The Bertz CT molecular complexity index is 550. The molecule has 24 heavy (non-hydrogen) atoms. The summed E-state index contributed by atoms with van der Waals surface area (Å²) < 4.78 is 5.17. The number of furan rings is 1. The van der Waals surface area contributed by atoms with Gasteiger partial charge in [0.25, 0.3) is 5.91 Å². The van der Waals surface area contributed by atoms with Crippen molar-refractivity contribution in [3.63, 3.8) is 0 Å². The third-order valence-electron chi connectivity index (χ3n) is 5.22. The highest BCUT2D eigenvalue weighted by Gasteiger charge is 2.26. The fraction of sp³-hybridized carbons (Fsp3) is 0.667. The molecule has 132 valence electrons. The quantitative estimate of drug-likeness (QED) is 0.911. The fourth-order valence-electron chi connectivity index (χ4n) is 3.65. The van der Waals surface area contributed by atoms with Crippen molar-refractivity contribution < 1.29 is 14.0 Å². The van der Waals surface area contributed by atoms with Crippen LogP contribution in [0.5, 0.6) is 0 Å². The monoisotopic (exact) mass is 333 g/mol. The molecule has 0 radical (unpaired) electrons. The van der Waals surface area contributed by atoms with Crippen molar-refractivity contribution in [2.45, 2.75) is 38.6 Å². The first-order valence-corrected chi connectivity index (χ1v) is 8.98. The van der Waals surface area contributed by atoms with Crippen LogP contribution in [0.3, 0.4) is 0 Å². The van der Waals surface area contributed by atoms with Crippen molar-refractivity contribution in [2.24, 2.45) is 5.92 Å². The molecule has 3 rings (SSSR count). The first-order valence-electron chi connectivity index (χ1n) is 8.98. The summed E-state index contributed by atoms with van der Waals surface area (Å²) in [5.74, 6) is 0.998. The molecule has 1 saturated carbocycles. The highest BCUT2D eigenvalue weighted by atomic mass is 16.3. The molecule has 2 unspecified atom stereocenters. The molecule has 1 aliphatic heterocycles. The molecule has 2 amide bonds. The molecule has 1 saturated heterocycles. The standard InChI is InChI=1S/C18H27N3O3/c1-14-5-2-3-6-15(14)19-17(22)13-20-8-10-21(11-9-20)18(23)16-7-4-12-24-16/h4,7,12,14-15H,2-3,5-6,8-11,13H2,1H3,(H,19,22). The molecule has 0 aromatic carbocycles. The zero-order chi connectivity index (χ0) is 16.9. The van der Waals surface area contributed by atoms with Gasteiger partial charge in [0, 0.05) is 32.2 Å². The summed E-state index contributed by atoms with van der Waals surface area (Å²) in [5, 5.41) is 3.20. The van der Waals surface area contributed by atoms with Gasteiger partial charge in [-0.25, -0.2) is 0 Å². The number of amides is 2. The van der Waals surface area contributed by atoms with Crippen LogP contribution in [0.25, 0.3) is 0 Å². The zero-order valence-corrected chi connectivity index (χ0v) is 14.4. The Morgan fingerprint density at radius 2 is 1.96 bits per heavy atom. The van der Waals surface area contributed by atoms with E-state index >= 15 is 0 Å². The van der Waals surface area contributed by atoms with Crippen molar-refractivity contribution >= 4 is 11.8 Å². The van der Waals surface area contributed by atoms with E-state index in [4.69, 9.17) is 4.42 Å². The van der Waals surface area contributed by atoms with Gasteiger partial charge in [0.1, 0.15) is 0 Å². The van der Waals surface area contributed by atoms with Gasteiger partial charge in [-0.2, -0.15) is 0 Å². The van der Waals surface area contributed by atoms with Gasteiger partial charge in [-0.15, -0.1) is 0 Å². The van der Waals surface area contributed by atoms with Gasteiger partial charge in [-0.3, -0.25) is 14.5 Å². The molecule has 2 fully saturated rings. The molecule has 0 bridgehead atoms. The van der Waals surface area contributed by atoms with Crippen molar-refractivity contribution in [3.8, 4) is 0 Å². The van der Waals surface area contributed by atoms with Crippen molar-refractivity contribution in [1.82, 2.24) is 15.1 Å². The molecular formula is C18H27N3O3. The Balaban J connectivity index is 1.42. The summed E-state index contributed by atoms with van der Waals surface area (Å²) in [6, 6.07) is 3.74. The Labute approximate surface area is 143 Å². The summed E-state index contributed by atoms with van der Waals surface area (Å²) in [6.07, 6.45) is 6.30. The maximum atomic E-state index is 12.3. The van der Waals surface area contributed by atoms with Crippen molar-refractivity contribution in [1.29, 1.82) is 0 Å². The Kier molecular flexibility index (Phi) is 5.56. The maximum Gasteiger partial charge on any atom is 0.289 e. The topological polar surface area (TPSA) is 65.8 Å². The smallest absolute Gasteiger partial charge is 0.289 e. The molecule has 2 aliphatic rings. The van der Waals surface area contributed by atoms with E-state index in [2.05, 4.69) is 17.1 Å². The largest absolute Gasteiger partial charge is 0.459 e. The maximum absolute atomic E-state index is 12.3. The number of rotatable bonds is 4. The van der Waals surface area contributed by atoms with Crippen LogP contribution in [0.2, 0.25) is 0 Å². The lowest BCUT2D eigenvalue weighted by Crippen LogP contribution is -2.52. The summed E-state index contributed by atoms with van der Waals surface area (Å²) in [7, 11) is 0. The zero-order valence-electron chi connectivity index (χ0n) is 14.4. The van der Waals surface area contributed by atoms with Gasteiger partial charge in [-0.1, -0.05) is 19.8 Å². The Morgan fingerprint density at radius 1 is 1.21 bits per heavy atom. The van der Waals surface area contributed by atoms with Gasteiger partial charge in [-0.05, 0) is 30.9 Å². The number of nitrogens with one attached hydrogen (secondary N) is 1. The summed E-state index contributed by atoms with van der Waals surface area (Å²) >= 11 is 0. The third kappa shape index (κ3) is 4.17. The number of carbonyl (C=O) groups excluding carboxylic acids is 2. The molecule has 2 heterocycles. The minimum Gasteiger partial charge on any atom is -0.459 e. The van der Waals surface area contributed by atoms with E-state index in [1.54, 1.807) is 17.0 Å². The number of hydrogen-bond donors (Lipinski definition) is 1. The van der Waals surface area contributed by atoms with E-state index in [1.807, 2.05) is 0 Å². The van der Waals surface area contributed by atoms with Crippen LogP contribution < -0.4 is 5.32 Å². The number of hydrogen-bond acceptors (Lipinski definition) is 4. The average molecular weight is 333 g/mol. The molecule has 6 nitrogen and oxygen atoms in total. The van der Waals surface area contributed by atoms with E-state index in [1.165, 1.54) is 25.5 Å². The summed E-state index contributed by atoms with van der Waals surface area (Å²) in [6.45, 7) is 5.36. The summed E-state index contributed by atoms with van der Waals surface area (Å²) in [4.78, 5) is 28.4. The molecule has 1 N–H and O–H groups in total. The number of nitrogens with zero attached hydrogens (tertiary/aromatic N) is 2. The van der Waals surface area contributed by atoms with E-state index in [0.29, 0.717) is 37.4 Å². The van der Waals surface area contributed by atoms with Gasteiger partial charge >= 0.3 is 0 Å². The van der Waals surface area contributed by atoms with E-state index in [-0.39, 0.29) is 11.8 Å². The normalized spacial score (nSPS) is 25.5. The predicted molar refractivity (Wildman–Crippen MR) is 90.6 cm³/mol. The van der Waals surface area contributed by atoms with Crippen LogP contribution in [-0.4, -0.2) is 60.4 Å². The molecule has 6 heteroatoms. The predicted octanol–water partition coefficient (Wildman–Crippen LogP) is 1.73. The van der Waals surface area contributed by atoms with Gasteiger partial charge in [0.05, 0.1) is 12.8 Å². The summed E-state index contributed by atoms with van der Waals surface area (Å²) in [5.41, 5.74) is 0. The third-order valence-corrected chi connectivity index (χ3v) is 5.22. The van der Waals surface area contributed by atoms with Crippen LogP contribution >= 0.6 is 0 Å². The lowest BCUT2D eigenvalue weighted by atomic mass is 9.86. The van der Waals surface area contributed by atoms with Gasteiger partial charge in [0.15, 0.2) is 5.76 Å². The lowest BCUT2D eigenvalue weighted by molar-refractivity contribution is -0.123. The SMILES string of the molecule is CC1CCCCC1NC(=O)CN1CCN(C(=O)c2ccco2)CC1. The Morgan fingerprint density at radius 3 is 2.62 bits per heavy atom. The Hall–Kier alpha value is -1.82. The van der Waals surface area contributed by atoms with Crippen LogP contribution in [-0.2, 0) is 4.79 Å². The molecule has 0 spiro atoms. The van der Waals surface area contributed by atoms with E-state index in [9.17, 15) is 9.59 Å². The second-order valence-electron chi connectivity index (χ2n) is 6.98. The first kappa shape index (κ1) is 17.0. The van der Waals surface area contributed by atoms with Crippen LogP contribution in [0.1, 0.15) is 43.2 Å². The van der Waals surface area contributed by atoms with Gasteiger partial charge in [0.2, 0.25) is 5.91 Å². The molecule has 1 aromatic heterocycles. The van der Waals surface area contributed by atoms with Crippen LogP contribution in [0.4, 0.5) is 0 Å². The molecule has 2 atom stereocenters. The van der Waals surface area contributed by atoms with E-state index in [0.717, 1.165) is 19.5 Å².